The van der Waals surface area contributed by atoms with Gasteiger partial charge in [0.25, 0.3) is 0 Å². The monoisotopic (exact) mass is 372 g/mol. The Kier molecular flexibility index (Phi) is 6.47. The minimum absolute atomic E-state index is 0.334. The van der Waals surface area contributed by atoms with Gasteiger partial charge in [0.15, 0.2) is 0 Å². The van der Waals surface area contributed by atoms with Gasteiger partial charge in [-0.3, -0.25) is 0 Å². The van der Waals surface area contributed by atoms with E-state index in [0.29, 0.717) is 84.0 Å². The molecule has 3 fully saturated rings. The summed E-state index contributed by atoms with van der Waals surface area (Å²) < 4.78 is 15.7. The minimum atomic E-state index is -0.739. The Labute approximate surface area is 151 Å². The smallest absolute Gasteiger partial charge is 0.378 e. The maximum Gasteiger partial charge on any atom is 0.435 e. The third-order valence-corrected chi connectivity index (χ3v) is 4.35. The van der Waals surface area contributed by atoms with E-state index in [-0.39, 0.29) is 0 Å². The SMILES string of the molecule is O=C(ON(C(=O)N1CCOCC1)C(=O)N1CCOCC1)N1CCOCC1. The van der Waals surface area contributed by atoms with Crippen molar-refractivity contribution in [3.8, 4) is 0 Å². The summed E-state index contributed by atoms with van der Waals surface area (Å²) in [5, 5.41) is 0.564. The van der Waals surface area contributed by atoms with Crippen LogP contribution in [0, 0.1) is 0 Å². The molecule has 0 saturated carbocycles. The van der Waals surface area contributed by atoms with Crippen LogP contribution in [-0.4, -0.2) is 117 Å². The molecule has 3 aliphatic heterocycles. The van der Waals surface area contributed by atoms with E-state index in [2.05, 4.69) is 0 Å². The molecular formula is C15H24N4O7. The van der Waals surface area contributed by atoms with Crippen molar-refractivity contribution in [1.29, 1.82) is 0 Å². The number of morpholine rings is 3. The van der Waals surface area contributed by atoms with Crippen LogP contribution in [0.15, 0.2) is 0 Å². The number of hydrogen-bond acceptors (Lipinski definition) is 7. The number of nitrogens with zero attached hydrogens (tertiary/aromatic N) is 4. The largest absolute Gasteiger partial charge is 0.435 e. The quantitative estimate of drug-likeness (QED) is 0.532. The van der Waals surface area contributed by atoms with Crippen molar-refractivity contribution < 1.29 is 33.4 Å². The van der Waals surface area contributed by atoms with Gasteiger partial charge in [-0.2, -0.15) is 0 Å². The molecule has 0 spiro atoms. The van der Waals surface area contributed by atoms with Crippen LogP contribution in [0.5, 0.6) is 0 Å². The van der Waals surface area contributed by atoms with E-state index < -0.39 is 18.2 Å². The molecular weight excluding hydrogens is 348 g/mol. The first-order valence-electron chi connectivity index (χ1n) is 8.75. The number of hydrogen-bond donors (Lipinski definition) is 0. The van der Waals surface area contributed by atoms with E-state index in [1.165, 1.54) is 14.7 Å². The van der Waals surface area contributed by atoms with Crippen molar-refractivity contribution in [1.82, 2.24) is 19.8 Å². The summed E-state index contributed by atoms with van der Waals surface area (Å²) in [4.78, 5) is 47.5. The molecule has 11 heteroatoms. The number of ether oxygens (including phenoxy) is 3. The van der Waals surface area contributed by atoms with Crippen molar-refractivity contribution in [2.24, 2.45) is 0 Å². The van der Waals surface area contributed by atoms with E-state index in [1.807, 2.05) is 0 Å². The maximum absolute atomic E-state index is 12.8. The average molecular weight is 372 g/mol. The summed E-state index contributed by atoms with van der Waals surface area (Å²) in [6.07, 6.45) is -0.739. The molecule has 146 valence electrons. The Balaban J connectivity index is 1.70. The first kappa shape index (κ1) is 18.7. The summed E-state index contributed by atoms with van der Waals surface area (Å²) >= 11 is 0. The van der Waals surface area contributed by atoms with Gasteiger partial charge in [-0.1, -0.05) is 5.06 Å². The number of carbonyl (C=O) groups excluding carboxylic acids is 3. The molecule has 0 aromatic heterocycles. The Morgan fingerprint density at radius 1 is 0.615 bits per heavy atom. The van der Waals surface area contributed by atoms with Gasteiger partial charge in [-0.15, -0.1) is 0 Å². The van der Waals surface area contributed by atoms with Gasteiger partial charge >= 0.3 is 18.2 Å². The molecule has 3 rings (SSSR count). The van der Waals surface area contributed by atoms with E-state index in [9.17, 15) is 14.4 Å². The van der Waals surface area contributed by atoms with E-state index >= 15 is 0 Å². The van der Waals surface area contributed by atoms with Gasteiger partial charge in [0.05, 0.1) is 39.6 Å². The van der Waals surface area contributed by atoms with Crippen LogP contribution in [0.1, 0.15) is 0 Å². The molecule has 3 aliphatic rings. The second-order valence-corrected chi connectivity index (χ2v) is 6.01. The lowest BCUT2D eigenvalue weighted by atomic mass is 10.4. The van der Waals surface area contributed by atoms with Gasteiger partial charge in [0, 0.05) is 39.3 Å². The highest BCUT2D eigenvalue weighted by Gasteiger charge is 2.36. The second-order valence-electron chi connectivity index (χ2n) is 6.01. The Bertz CT molecular complexity index is 484. The lowest BCUT2D eigenvalue weighted by Gasteiger charge is -2.35. The zero-order chi connectivity index (χ0) is 18.4. The van der Waals surface area contributed by atoms with E-state index in [4.69, 9.17) is 19.0 Å². The summed E-state index contributed by atoms with van der Waals surface area (Å²) in [6, 6.07) is -1.32. The fraction of sp³-hybridized carbons (Fsp3) is 0.800. The highest BCUT2D eigenvalue weighted by atomic mass is 16.7. The van der Waals surface area contributed by atoms with Crippen molar-refractivity contribution in [2.45, 2.75) is 0 Å². The highest BCUT2D eigenvalue weighted by molar-refractivity contribution is 5.93. The summed E-state index contributed by atoms with van der Waals surface area (Å²) in [5.74, 6) is 0. The van der Waals surface area contributed by atoms with Gasteiger partial charge < -0.3 is 33.7 Å². The normalized spacial score (nSPS) is 21.3. The zero-order valence-electron chi connectivity index (χ0n) is 14.6. The van der Waals surface area contributed by atoms with Crippen LogP contribution in [0.3, 0.4) is 0 Å². The lowest BCUT2D eigenvalue weighted by Crippen LogP contribution is -2.57. The molecule has 3 saturated heterocycles. The third-order valence-electron chi connectivity index (χ3n) is 4.35. The fourth-order valence-corrected chi connectivity index (χ4v) is 2.81. The van der Waals surface area contributed by atoms with Gasteiger partial charge in [0.1, 0.15) is 0 Å². The number of imide groups is 1. The number of carbonyl (C=O) groups is 3. The molecule has 0 aromatic rings. The first-order chi connectivity index (χ1) is 12.7. The predicted octanol–water partition coefficient (Wildman–Crippen LogP) is -0.423. The molecule has 3 heterocycles. The first-order valence-corrected chi connectivity index (χ1v) is 8.75. The predicted molar refractivity (Wildman–Crippen MR) is 86.3 cm³/mol. The molecule has 5 amide bonds. The Morgan fingerprint density at radius 3 is 1.35 bits per heavy atom. The molecule has 11 nitrogen and oxygen atoms in total. The van der Waals surface area contributed by atoms with E-state index in [1.54, 1.807) is 0 Å². The Hall–Kier alpha value is -2.11. The van der Waals surface area contributed by atoms with Crippen LogP contribution < -0.4 is 0 Å². The van der Waals surface area contributed by atoms with Crippen molar-refractivity contribution in [2.75, 3.05) is 78.9 Å². The highest BCUT2D eigenvalue weighted by Crippen LogP contribution is 2.12. The molecule has 0 radical (unpaired) electrons. The molecule has 0 aromatic carbocycles. The molecule has 0 N–H and O–H groups in total. The maximum atomic E-state index is 12.8. The van der Waals surface area contributed by atoms with Crippen molar-refractivity contribution in [3.63, 3.8) is 0 Å². The van der Waals surface area contributed by atoms with E-state index in [0.717, 1.165) is 0 Å². The molecule has 26 heavy (non-hydrogen) atoms. The van der Waals surface area contributed by atoms with Gasteiger partial charge in [-0.25, -0.2) is 14.4 Å². The second kappa shape index (κ2) is 9.01. The van der Waals surface area contributed by atoms with Crippen LogP contribution in [0.25, 0.3) is 0 Å². The summed E-state index contributed by atoms with van der Waals surface area (Å²) in [6.45, 7) is 4.34. The summed E-state index contributed by atoms with van der Waals surface area (Å²) in [7, 11) is 0. The molecule has 0 atom stereocenters. The third kappa shape index (κ3) is 4.54. The van der Waals surface area contributed by atoms with Gasteiger partial charge in [0.2, 0.25) is 0 Å². The minimum Gasteiger partial charge on any atom is -0.378 e. The molecule has 0 unspecified atom stereocenters. The lowest BCUT2D eigenvalue weighted by molar-refractivity contribution is -0.0778. The van der Waals surface area contributed by atoms with Crippen LogP contribution in [-0.2, 0) is 19.0 Å². The van der Waals surface area contributed by atoms with Crippen molar-refractivity contribution >= 4 is 18.2 Å². The van der Waals surface area contributed by atoms with Crippen LogP contribution in [0.4, 0.5) is 14.4 Å². The van der Waals surface area contributed by atoms with Crippen LogP contribution >= 0.6 is 0 Å². The topological polar surface area (TPSA) is 101 Å². The fourth-order valence-electron chi connectivity index (χ4n) is 2.81. The van der Waals surface area contributed by atoms with Crippen LogP contribution in [0.2, 0.25) is 0 Å². The molecule has 0 bridgehead atoms. The summed E-state index contributed by atoms with van der Waals surface area (Å²) in [5.41, 5.74) is 0. The number of hydroxylamine groups is 2. The van der Waals surface area contributed by atoms with Crippen molar-refractivity contribution in [3.05, 3.63) is 0 Å². The number of urea groups is 2. The number of rotatable bonds is 0. The zero-order valence-corrected chi connectivity index (χ0v) is 14.6. The standard InChI is InChI=1S/C15H24N4O7/c20-13(16-1-7-23-8-2-16)19(14(21)17-3-9-24-10-4-17)26-15(22)18-5-11-25-12-6-18/h1-12H2. The molecule has 0 aliphatic carbocycles. The Morgan fingerprint density at radius 2 is 0.962 bits per heavy atom. The number of amides is 5. The van der Waals surface area contributed by atoms with Gasteiger partial charge in [-0.05, 0) is 0 Å². The average Bonchev–Trinajstić information content (AvgIpc) is 2.73.